The van der Waals surface area contributed by atoms with Crippen LogP contribution < -0.4 is 16.0 Å². The summed E-state index contributed by atoms with van der Waals surface area (Å²) in [5.41, 5.74) is 0.774. The molecule has 1 aromatic heterocycles. The molecule has 0 unspecified atom stereocenters. The highest BCUT2D eigenvalue weighted by Crippen LogP contribution is 2.26. The minimum Gasteiger partial charge on any atom is -0.373 e. The van der Waals surface area contributed by atoms with Crippen molar-refractivity contribution in [2.24, 2.45) is 0 Å². The summed E-state index contributed by atoms with van der Waals surface area (Å²) in [6, 6.07) is 0.379. The Kier molecular flexibility index (Phi) is 4.34. The third-order valence-corrected chi connectivity index (χ3v) is 3.41. The van der Waals surface area contributed by atoms with Gasteiger partial charge in [0, 0.05) is 24.1 Å². The molecule has 2 rings (SSSR count). The number of carbonyl (C=O) groups excluding carboxylic acids is 1. The van der Waals surface area contributed by atoms with Gasteiger partial charge in [-0.1, -0.05) is 20.8 Å². The predicted octanol–water partition coefficient (Wildman–Crippen LogP) is 1.81. The first kappa shape index (κ1) is 15.5. The number of hydrogen-bond acceptors (Lipinski definition) is 5. The Hall–Kier alpha value is -1.85. The lowest BCUT2D eigenvalue weighted by molar-refractivity contribution is -0.119. The number of amides is 1. The Morgan fingerprint density at radius 2 is 1.86 bits per heavy atom. The van der Waals surface area contributed by atoms with E-state index in [9.17, 15) is 4.79 Å². The molecule has 1 saturated carbocycles. The summed E-state index contributed by atoms with van der Waals surface area (Å²) in [7, 11) is 1.84. The molecule has 6 heteroatoms. The van der Waals surface area contributed by atoms with Gasteiger partial charge in [0.2, 0.25) is 5.91 Å². The predicted molar refractivity (Wildman–Crippen MR) is 84.7 cm³/mol. The summed E-state index contributed by atoms with van der Waals surface area (Å²) >= 11 is 0. The molecule has 0 radical (unpaired) electrons. The Bertz CT molecular complexity index is 532. The highest BCUT2D eigenvalue weighted by atomic mass is 16.2. The third kappa shape index (κ3) is 4.06. The van der Waals surface area contributed by atoms with Gasteiger partial charge in [0.1, 0.15) is 17.5 Å². The minimum absolute atomic E-state index is 0.0128. The molecule has 3 N–H and O–H groups in total. The Morgan fingerprint density at radius 1 is 1.24 bits per heavy atom. The molecular weight excluding hydrogens is 266 g/mol. The van der Waals surface area contributed by atoms with Crippen LogP contribution in [0.2, 0.25) is 0 Å². The maximum absolute atomic E-state index is 11.8. The molecule has 116 valence electrons. The molecular formula is C15H25N5O. The first-order valence-electron chi connectivity index (χ1n) is 7.41. The molecule has 1 aromatic rings. The number of aromatic nitrogens is 2. The Morgan fingerprint density at radius 3 is 2.38 bits per heavy atom. The summed E-state index contributed by atoms with van der Waals surface area (Å²) in [4.78, 5) is 20.9. The van der Waals surface area contributed by atoms with Crippen molar-refractivity contribution in [2.75, 3.05) is 24.2 Å². The summed E-state index contributed by atoms with van der Waals surface area (Å²) in [6.07, 6.45) is 2.19. The zero-order valence-corrected chi connectivity index (χ0v) is 13.5. The van der Waals surface area contributed by atoms with Crippen molar-refractivity contribution in [2.45, 2.75) is 52.0 Å². The number of carbonyl (C=O) groups is 1. The number of nitrogens with one attached hydrogen (secondary N) is 3. The normalized spacial score (nSPS) is 14.7. The largest absolute Gasteiger partial charge is 0.373 e. The lowest BCUT2D eigenvalue weighted by Gasteiger charge is -2.20. The van der Waals surface area contributed by atoms with Crippen molar-refractivity contribution >= 4 is 17.5 Å². The van der Waals surface area contributed by atoms with Crippen molar-refractivity contribution in [1.82, 2.24) is 15.3 Å². The van der Waals surface area contributed by atoms with E-state index in [2.05, 4.69) is 46.7 Å². The molecule has 1 heterocycles. The van der Waals surface area contributed by atoms with E-state index >= 15 is 0 Å². The fourth-order valence-corrected chi connectivity index (χ4v) is 1.94. The van der Waals surface area contributed by atoms with Gasteiger partial charge in [-0.05, 0) is 19.8 Å². The van der Waals surface area contributed by atoms with E-state index in [0.717, 1.165) is 30.0 Å². The van der Waals surface area contributed by atoms with Crippen molar-refractivity contribution in [3.05, 3.63) is 11.4 Å². The average molecular weight is 291 g/mol. The second-order valence-electron chi connectivity index (χ2n) is 6.56. The molecule has 0 atom stereocenters. The zero-order valence-electron chi connectivity index (χ0n) is 13.5. The van der Waals surface area contributed by atoms with Gasteiger partial charge in [-0.25, -0.2) is 9.97 Å². The first-order chi connectivity index (χ1) is 9.81. The summed E-state index contributed by atoms with van der Waals surface area (Å²) in [6.45, 7) is 8.39. The highest BCUT2D eigenvalue weighted by molar-refractivity contribution is 5.81. The summed E-state index contributed by atoms with van der Waals surface area (Å²) in [5.74, 6) is 2.27. The van der Waals surface area contributed by atoms with Gasteiger partial charge in [-0.2, -0.15) is 0 Å². The maximum atomic E-state index is 11.8. The molecule has 1 fully saturated rings. The van der Waals surface area contributed by atoms with Gasteiger partial charge in [-0.3, -0.25) is 4.79 Å². The van der Waals surface area contributed by atoms with Crippen LogP contribution in [0.3, 0.4) is 0 Å². The molecule has 0 aliphatic heterocycles. The zero-order chi connectivity index (χ0) is 15.6. The number of hydrogen-bond donors (Lipinski definition) is 3. The van der Waals surface area contributed by atoms with Gasteiger partial charge in [-0.15, -0.1) is 0 Å². The highest BCUT2D eigenvalue weighted by Gasteiger charge is 2.24. The maximum Gasteiger partial charge on any atom is 0.239 e. The van der Waals surface area contributed by atoms with Crippen LogP contribution in [-0.4, -0.2) is 35.5 Å². The van der Waals surface area contributed by atoms with Crippen molar-refractivity contribution < 1.29 is 4.79 Å². The van der Waals surface area contributed by atoms with Crippen LogP contribution in [-0.2, 0) is 10.2 Å². The van der Waals surface area contributed by atoms with E-state index < -0.39 is 0 Å². The van der Waals surface area contributed by atoms with E-state index in [0.29, 0.717) is 11.9 Å². The Balaban J connectivity index is 2.14. The van der Waals surface area contributed by atoms with Crippen molar-refractivity contribution in [3.8, 4) is 0 Å². The first-order valence-corrected chi connectivity index (χ1v) is 7.41. The van der Waals surface area contributed by atoms with Gasteiger partial charge in [0.25, 0.3) is 0 Å². The molecule has 0 bridgehead atoms. The van der Waals surface area contributed by atoms with Crippen molar-refractivity contribution in [3.63, 3.8) is 0 Å². The molecule has 21 heavy (non-hydrogen) atoms. The van der Waals surface area contributed by atoms with Crippen LogP contribution >= 0.6 is 0 Å². The van der Waals surface area contributed by atoms with Crippen LogP contribution in [0.4, 0.5) is 11.6 Å². The molecule has 1 amide bonds. The molecule has 0 aromatic carbocycles. The molecule has 6 nitrogen and oxygen atoms in total. The smallest absolute Gasteiger partial charge is 0.239 e. The van der Waals surface area contributed by atoms with Gasteiger partial charge >= 0.3 is 0 Å². The van der Waals surface area contributed by atoms with Gasteiger partial charge in [0.15, 0.2) is 0 Å². The number of anilines is 2. The van der Waals surface area contributed by atoms with Gasteiger partial charge < -0.3 is 16.0 Å². The lowest BCUT2D eigenvalue weighted by Crippen LogP contribution is -2.32. The van der Waals surface area contributed by atoms with E-state index in [-0.39, 0.29) is 17.9 Å². The fourth-order valence-electron chi connectivity index (χ4n) is 1.94. The van der Waals surface area contributed by atoms with Gasteiger partial charge in [0.05, 0.1) is 6.54 Å². The van der Waals surface area contributed by atoms with E-state index in [1.807, 2.05) is 14.0 Å². The van der Waals surface area contributed by atoms with Crippen LogP contribution in [0.15, 0.2) is 0 Å². The molecule has 0 saturated heterocycles. The molecule has 0 spiro atoms. The van der Waals surface area contributed by atoms with Crippen LogP contribution in [0.5, 0.6) is 0 Å². The SMILES string of the molecule is CNc1nc(C(C)(C)C)nc(NCC(=O)NC2CC2)c1C. The van der Waals surface area contributed by atoms with E-state index in [4.69, 9.17) is 0 Å². The topological polar surface area (TPSA) is 78.9 Å². The van der Waals surface area contributed by atoms with Crippen molar-refractivity contribution in [1.29, 1.82) is 0 Å². The standard InChI is InChI=1S/C15H25N5O/c1-9-12(16-5)19-14(15(2,3)4)20-13(9)17-8-11(21)18-10-6-7-10/h10H,6-8H2,1-5H3,(H,18,21)(H2,16,17,19,20). The second-order valence-corrected chi connectivity index (χ2v) is 6.56. The second kappa shape index (κ2) is 5.87. The monoisotopic (exact) mass is 291 g/mol. The van der Waals surface area contributed by atoms with E-state index in [1.54, 1.807) is 0 Å². The quantitative estimate of drug-likeness (QED) is 0.771. The molecule has 1 aliphatic carbocycles. The third-order valence-electron chi connectivity index (χ3n) is 3.41. The summed E-state index contributed by atoms with van der Waals surface area (Å²) < 4.78 is 0. The molecule has 1 aliphatic rings. The number of rotatable bonds is 5. The average Bonchev–Trinajstić information content (AvgIpc) is 3.20. The number of nitrogens with zero attached hydrogens (tertiary/aromatic N) is 2. The van der Waals surface area contributed by atoms with E-state index in [1.165, 1.54) is 0 Å². The van der Waals surface area contributed by atoms with Crippen LogP contribution in [0.25, 0.3) is 0 Å². The Labute approximate surface area is 126 Å². The lowest BCUT2D eigenvalue weighted by atomic mass is 9.95. The minimum atomic E-state index is -0.147. The van der Waals surface area contributed by atoms with Crippen LogP contribution in [0, 0.1) is 6.92 Å². The summed E-state index contributed by atoms with van der Waals surface area (Å²) in [5, 5.41) is 9.17. The van der Waals surface area contributed by atoms with Crippen LogP contribution in [0.1, 0.15) is 45.0 Å². The fraction of sp³-hybridized carbons (Fsp3) is 0.667.